The Kier molecular flexibility index (Phi) is 3.70. The lowest BCUT2D eigenvalue weighted by atomic mass is 10.2. The summed E-state index contributed by atoms with van der Waals surface area (Å²) in [6.07, 6.45) is 0.874. The van der Waals surface area contributed by atoms with Crippen LogP contribution in [0.5, 0.6) is 0 Å². The molecule has 1 aromatic rings. The maximum Gasteiger partial charge on any atom is 0.326 e. The monoisotopic (exact) mass is 268 g/mol. The lowest BCUT2D eigenvalue weighted by molar-refractivity contribution is -0.141. The molecular formula is C11H16N4O4. The second-order valence-electron chi connectivity index (χ2n) is 4.57. The Labute approximate surface area is 109 Å². The number of carbonyl (C=O) groups excluding carboxylic acids is 1. The van der Waals surface area contributed by atoms with Crippen molar-refractivity contribution in [3.05, 3.63) is 17.5 Å². The number of aryl methyl sites for hydroxylation is 1. The quantitative estimate of drug-likeness (QED) is 0.586. The van der Waals surface area contributed by atoms with Gasteiger partial charge >= 0.3 is 12.0 Å². The number of aromatic amines is 1. The highest BCUT2D eigenvalue weighted by Crippen LogP contribution is 2.18. The molecule has 1 unspecified atom stereocenters. The summed E-state index contributed by atoms with van der Waals surface area (Å²) >= 11 is 0. The van der Waals surface area contributed by atoms with Crippen LogP contribution in [-0.4, -0.2) is 56.0 Å². The third-order valence-corrected chi connectivity index (χ3v) is 3.19. The zero-order valence-electron chi connectivity index (χ0n) is 10.5. The van der Waals surface area contributed by atoms with Gasteiger partial charge in [0.05, 0.1) is 12.3 Å². The van der Waals surface area contributed by atoms with E-state index >= 15 is 0 Å². The first-order chi connectivity index (χ1) is 8.99. The zero-order valence-corrected chi connectivity index (χ0v) is 10.5. The highest BCUT2D eigenvalue weighted by atomic mass is 16.4. The highest BCUT2D eigenvalue weighted by Gasteiger charge is 2.38. The minimum absolute atomic E-state index is 0.0349. The van der Waals surface area contributed by atoms with Crippen LogP contribution in [0.4, 0.5) is 4.79 Å². The van der Waals surface area contributed by atoms with Crippen LogP contribution in [0, 0.1) is 6.92 Å². The molecule has 1 aromatic heterocycles. The van der Waals surface area contributed by atoms with Crippen LogP contribution in [0.15, 0.2) is 6.20 Å². The standard InChI is InChI=1S/C11H16N4O4/c1-6-7(4-13-14-6)3-12-11(19)15-5-8(16)2-9(15)10(17)18/h4,8-9,16H,2-3,5H2,1H3,(H,12,19)(H,13,14)(H,17,18)/t8?,9-/m0/s1. The van der Waals surface area contributed by atoms with Gasteiger partial charge in [0.15, 0.2) is 0 Å². The number of aliphatic carboxylic acids is 1. The summed E-state index contributed by atoms with van der Waals surface area (Å²) in [6.45, 7) is 2.13. The van der Waals surface area contributed by atoms with Crippen molar-refractivity contribution in [1.82, 2.24) is 20.4 Å². The first-order valence-corrected chi connectivity index (χ1v) is 5.93. The number of urea groups is 1. The van der Waals surface area contributed by atoms with Crippen molar-refractivity contribution < 1.29 is 19.8 Å². The molecule has 2 amide bonds. The number of carboxylic acids is 1. The van der Waals surface area contributed by atoms with Gasteiger partial charge in [-0.2, -0.15) is 5.10 Å². The molecule has 1 aliphatic heterocycles. The van der Waals surface area contributed by atoms with Crippen LogP contribution in [0.1, 0.15) is 17.7 Å². The summed E-state index contributed by atoms with van der Waals surface area (Å²) in [5.74, 6) is -1.11. The summed E-state index contributed by atoms with van der Waals surface area (Å²) in [7, 11) is 0. The second-order valence-corrected chi connectivity index (χ2v) is 4.57. The predicted molar refractivity (Wildman–Crippen MR) is 64.3 cm³/mol. The van der Waals surface area contributed by atoms with E-state index in [0.29, 0.717) is 0 Å². The largest absolute Gasteiger partial charge is 0.480 e. The maximum absolute atomic E-state index is 11.9. The fourth-order valence-electron chi connectivity index (χ4n) is 2.10. The number of hydrogen-bond donors (Lipinski definition) is 4. The number of H-pyrrole nitrogens is 1. The van der Waals surface area contributed by atoms with Gasteiger partial charge < -0.3 is 20.4 Å². The molecule has 1 fully saturated rings. The molecule has 2 rings (SSSR count). The Balaban J connectivity index is 1.96. The number of β-amino-alcohol motifs (C(OH)–C–C–N with tert-alkyl or cyclic N) is 1. The first-order valence-electron chi connectivity index (χ1n) is 5.93. The van der Waals surface area contributed by atoms with E-state index in [1.165, 1.54) is 0 Å². The van der Waals surface area contributed by atoms with E-state index in [1.54, 1.807) is 6.20 Å². The molecule has 1 aliphatic rings. The van der Waals surface area contributed by atoms with Crippen molar-refractivity contribution in [3.8, 4) is 0 Å². The molecule has 0 spiro atoms. The van der Waals surface area contributed by atoms with E-state index in [4.69, 9.17) is 5.11 Å². The number of amides is 2. The fraction of sp³-hybridized carbons (Fsp3) is 0.545. The summed E-state index contributed by atoms with van der Waals surface area (Å²) in [4.78, 5) is 24.1. The average molecular weight is 268 g/mol. The SMILES string of the molecule is Cc1[nH]ncc1CNC(=O)N1CC(O)C[C@H]1C(=O)O. The summed E-state index contributed by atoms with van der Waals surface area (Å²) in [5, 5.41) is 27.7. The van der Waals surface area contributed by atoms with E-state index in [-0.39, 0.29) is 19.5 Å². The van der Waals surface area contributed by atoms with Crippen molar-refractivity contribution in [2.24, 2.45) is 0 Å². The number of aliphatic hydroxyl groups is 1. The summed E-state index contributed by atoms with van der Waals surface area (Å²) < 4.78 is 0. The van der Waals surface area contributed by atoms with Gasteiger partial charge in [-0.3, -0.25) is 5.10 Å². The van der Waals surface area contributed by atoms with Gasteiger partial charge in [0.2, 0.25) is 0 Å². The number of aromatic nitrogens is 2. The average Bonchev–Trinajstić information content (AvgIpc) is 2.92. The number of rotatable bonds is 3. The number of carbonyl (C=O) groups is 2. The molecule has 8 heteroatoms. The lowest BCUT2D eigenvalue weighted by Crippen LogP contribution is -2.45. The molecule has 0 radical (unpaired) electrons. The minimum Gasteiger partial charge on any atom is -0.480 e. The smallest absolute Gasteiger partial charge is 0.326 e. The minimum atomic E-state index is -1.11. The lowest BCUT2D eigenvalue weighted by Gasteiger charge is -2.21. The Hall–Kier alpha value is -2.09. The molecule has 2 heterocycles. The molecule has 0 bridgehead atoms. The number of aliphatic hydroxyl groups excluding tert-OH is 1. The van der Waals surface area contributed by atoms with Gasteiger partial charge in [-0.15, -0.1) is 0 Å². The van der Waals surface area contributed by atoms with Gasteiger partial charge in [0, 0.05) is 30.8 Å². The molecule has 0 aliphatic carbocycles. The van der Waals surface area contributed by atoms with Crippen LogP contribution < -0.4 is 5.32 Å². The Morgan fingerprint density at radius 3 is 2.95 bits per heavy atom. The Morgan fingerprint density at radius 1 is 1.63 bits per heavy atom. The summed E-state index contributed by atoms with van der Waals surface area (Å²) in [6, 6.07) is -1.47. The van der Waals surface area contributed by atoms with Crippen LogP contribution >= 0.6 is 0 Å². The molecule has 1 saturated heterocycles. The molecule has 8 nitrogen and oxygen atoms in total. The van der Waals surface area contributed by atoms with Gasteiger partial charge in [0.1, 0.15) is 6.04 Å². The molecule has 104 valence electrons. The Bertz CT molecular complexity index is 487. The molecular weight excluding hydrogens is 252 g/mol. The normalized spacial score (nSPS) is 22.5. The van der Waals surface area contributed by atoms with E-state index in [1.807, 2.05) is 6.92 Å². The molecule has 2 atom stereocenters. The number of nitrogens with zero attached hydrogens (tertiary/aromatic N) is 2. The second kappa shape index (κ2) is 5.27. The number of nitrogens with one attached hydrogen (secondary N) is 2. The molecule has 0 saturated carbocycles. The van der Waals surface area contributed by atoms with Crippen LogP contribution in [0.3, 0.4) is 0 Å². The van der Waals surface area contributed by atoms with Gasteiger partial charge in [-0.05, 0) is 6.92 Å². The van der Waals surface area contributed by atoms with Crippen LogP contribution in [0.2, 0.25) is 0 Å². The van der Waals surface area contributed by atoms with Gasteiger partial charge in [-0.1, -0.05) is 0 Å². The van der Waals surface area contributed by atoms with Crippen LogP contribution in [0.25, 0.3) is 0 Å². The first kappa shape index (κ1) is 13.3. The van der Waals surface area contributed by atoms with Crippen molar-refractivity contribution in [3.63, 3.8) is 0 Å². The number of hydrogen-bond acceptors (Lipinski definition) is 4. The van der Waals surface area contributed by atoms with Crippen molar-refractivity contribution >= 4 is 12.0 Å². The van der Waals surface area contributed by atoms with Gasteiger partial charge in [0.25, 0.3) is 0 Å². The molecule has 0 aromatic carbocycles. The highest BCUT2D eigenvalue weighted by molar-refractivity contribution is 5.83. The number of likely N-dealkylation sites (tertiary alicyclic amines) is 1. The fourth-order valence-corrected chi connectivity index (χ4v) is 2.10. The van der Waals surface area contributed by atoms with E-state index in [0.717, 1.165) is 16.2 Å². The predicted octanol–water partition coefficient (Wildman–Crippen LogP) is -0.552. The van der Waals surface area contributed by atoms with Crippen molar-refractivity contribution in [2.45, 2.75) is 32.0 Å². The van der Waals surface area contributed by atoms with E-state index < -0.39 is 24.1 Å². The van der Waals surface area contributed by atoms with Crippen molar-refractivity contribution in [2.75, 3.05) is 6.54 Å². The van der Waals surface area contributed by atoms with E-state index in [9.17, 15) is 14.7 Å². The topological polar surface area (TPSA) is 119 Å². The summed E-state index contributed by atoms with van der Waals surface area (Å²) in [5.41, 5.74) is 1.68. The van der Waals surface area contributed by atoms with Crippen LogP contribution in [-0.2, 0) is 11.3 Å². The maximum atomic E-state index is 11.9. The molecule has 4 N–H and O–H groups in total. The van der Waals surface area contributed by atoms with Crippen molar-refractivity contribution in [1.29, 1.82) is 0 Å². The third kappa shape index (κ3) is 2.84. The Morgan fingerprint density at radius 2 is 2.37 bits per heavy atom. The van der Waals surface area contributed by atoms with E-state index in [2.05, 4.69) is 15.5 Å². The zero-order chi connectivity index (χ0) is 14.0. The molecule has 19 heavy (non-hydrogen) atoms. The van der Waals surface area contributed by atoms with Gasteiger partial charge in [-0.25, -0.2) is 9.59 Å². The third-order valence-electron chi connectivity index (χ3n) is 3.19. The number of carboxylic acid groups (broad SMARTS) is 1.